The zero-order chi connectivity index (χ0) is 10.8. The van der Waals surface area contributed by atoms with Gasteiger partial charge in [0.15, 0.2) is 0 Å². The maximum absolute atomic E-state index is 10.9. The topological polar surface area (TPSA) is 66.3 Å². The second-order valence-corrected chi connectivity index (χ2v) is 3.47. The number of aromatic nitrogens is 2. The number of carboxylic acids is 1. The fourth-order valence-electron chi connectivity index (χ4n) is 0.858. The van der Waals surface area contributed by atoms with E-state index < -0.39 is 11.5 Å². The van der Waals surface area contributed by atoms with Crippen molar-refractivity contribution in [2.75, 3.05) is 11.9 Å². The molecule has 5 heteroatoms. The summed E-state index contributed by atoms with van der Waals surface area (Å²) in [4.78, 5) is 20.4. The second kappa shape index (κ2) is 3.61. The molecule has 0 fully saturated rings. The minimum atomic E-state index is -1.01. The lowest BCUT2D eigenvalue weighted by molar-refractivity contribution is -0.142. The molecule has 1 rings (SSSR count). The monoisotopic (exact) mass is 195 g/mol. The Bertz CT molecular complexity index is 324. The lowest BCUT2D eigenvalue weighted by Gasteiger charge is -2.31. The van der Waals surface area contributed by atoms with E-state index in [4.69, 9.17) is 5.11 Å². The van der Waals surface area contributed by atoms with Crippen LogP contribution >= 0.6 is 0 Å². The maximum atomic E-state index is 10.9. The number of likely N-dealkylation sites (N-methyl/N-ethyl adjacent to an activating group) is 1. The number of hydrogen-bond donors (Lipinski definition) is 1. The Kier molecular flexibility index (Phi) is 2.69. The number of hydrogen-bond acceptors (Lipinski definition) is 4. The summed E-state index contributed by atoms with van der Waals surface area (Å²) < 4.78 is 0. The number of carboxylic acid groups (broad SMARTS) is 1. The molecule has 0 radical (unpaired) electrons. The molecule has 1 aromatic heterocycles. The fourth-order valence-corrected chi connectivity index (χ4v) is 0.858. The summed E-state index contributed by atoms with van der Waals surface area (Å²) >= 11 is 0. The van der Waals surface area contributed by atoms with Gasteiger partial charge in [0.25, 0.3) is 0 Å². The van der Waals surface area contributed by atoms with Crippen molar-refractivity contribution < 1.29 is 9.90 Å². The molecule has 0 aliphatic carbocycles. The Morgan fingerprint density at radius 2 is 1.93 bits per heavy atom. The van der Waals surface area contributed by atoms with Crippen LogP contribution in [-0.4, -0.2) is 33.6 Å². The highest BCUT2D eigenvalue weighted by atomic mass is 16.4. The molecule has 5 nitrogen and oxygen atoms in total. The van der Waals surface area contributed by atoms with Crippen molar-refractivity contribution in [3.05, 3.63) is 18.5 Å². The molecule has 0 amide bonds. The van der Waals surface area contributed by atoms with E-state index in [2.05, 4.69) is 9.97 Å². The molecule has 0 aliphatic heterocycles. The van der Waals surface area contributed by atoms with Crippen LogP contribution in [0.4, 0.5) is 5.95 Å². The smallest absolute Gasteiger partial charge is 0.329 e. The van der Waals surface area contributed by atoms with Crippen LogP contribution < -0.4 is 4.90 Å². The van der Waals surface area contributed by atoms with Gasteiger partial charge in [-0.25, -0.2) is 14.8 Å². The molecule has 0 unspecified atom stereocenters. The average Bonchev–Trinajstić information content (AvgIpc) is 2.17. The minimum Gasteiger partial charge on any atom is -0.480 e. The molecule has 0 aliphatic rings. The molecule has 0 saturated carbocycles. The highest BCUT2D eigenvalue weighted by Crippen LogP contribution is 2.17. The van der Waals surface area contributed by atoms with Crippen LogP contribution in [0.25, 0.3) is 0 Å². The van der Waals surface area contributed by atoms with Crippen LogP contribution in [0.3, 0.4) is 0 Å². The van der Waals surface area contributed by atoms with Gasteiger partial charge in [-0.15, -0.1) is 0 Å². The van der Waals surface area contributed by atoms with Crippen LogP contribution in [0.15, 0.2) is 18.5 Å². The molecule has 0 aromatic carbocycles. The molecular weight excluding hydrogens is 182 g/mol. The first-order valence-corrected chi connectivity index (χ1v) is 4.20. The van der Waals surface area contributed by atoms with Crippen molar-refractivity contribution in [3.63, 3.8) is 0 Å². The van der Waals surface area contributed by atoms with Crippen LogP contribution in [0.5, 0.6) is 0 Å². The lowest BCUT2D eigenvalue weighted by atomic mass is 10.1. The van der Waals surface area contributed by atoms with Gasteiger partial charge in [0.2, 0.25) is 5.95 Å². The predicted octanol–water partition coefficient (Wildman–Crippen LogP) is 0.776. The molecule has 1 heterocycles. The van der Waals surface area contributed by atoms with Crippen LogP contribution in [0, 0.1) is 0 Å². The summed E-state index contributed by atoms with van der Waals surface area (Å²) in [5.74, 6) is -0.507. The Hall–Kier alpha value is -1.65. The predicted molar refractivity (Wildman–Crippen MR) is 52.1 cm³/mol. The van der Waals surface area contributed by atoms with Crippen molar-refractivity contribution in [3.8, 4) is 0 Å². The van der Waals surface area contributed by atoms with Crippen molar-refractivity contribution in [2.45, 2.75) is 19.4 Å². The lowest BCUT2D eigenvalue weighted by Crippen LogP contribution is -2.48. The molecule has 0 atom stereocenters. The first-order chi connectivity index (χ1) is 6.46. The van der Waals surface area contributed by atoms with Crippen LogP contribution in [-0.2, 0) is 4.79 Å². The number of carbonyl (C=O) groups is 1. The quantitative estimate of drug-likeness (QED) is 0.771. The summed E-state index contributed by atoms with van der Waals surface area (Å²) in [7, 11) is 1.66. The van der Waals surface area contributed by atoms with E-state index in [9.17, 15) is 4.79 Å². The largest absolute Gasteiger partial charge is 0.480 e. The van der Waals surface area contributed by atoms with Gasteiger partial charge in [-0.05, 0) is 19.9 Å². The number of rotatable bonds is 3. The molecule has 76 valence electrons. The highest BCUT2D eigenvalue weighted by molar-refractivity contribution is 5.81. The molecule has 1 N–H and O–H groups in total. The number of nitrogens with zero attached hydrogens (tertiary/aromatic N) is 3. The Morgan fingerprint density at radius 3 is 2.36 bits per heavy atom. The van der Waals surface area contributed by atoms with E-state index in [1.807, 2.05) is 0 Å². The van der Waals surface area contributed by atoms with Crippen molar-refractivity contribution >= 4 is 11.9 Å². The molecule has 0 spiro atoms. The van der Waals surface area contributed by atoms with Crippen LogP contribution in [0.1, 0.15) is 13.8 Å². The summed E-state index contributed by atoms with van der Waals surface area (Å²) in [5.41, 5.74) is -1.01. The summed E-state index contributed by atoms with van der Waals surface area (Å²) in [5, 5.41) is 8.98. The molecular formula is C9H13N3O2. The normalized spacial score (nSPS) is 11.1. The van der Waals surface area contributed by atoms with Gasteiger partial charge in [0.1, 0.15) is 5.54 Å². The SMILES string of the molecule is CN(c1ncccn1)C(C)(C)C(=O)O. The third-order valence-electron chi connectivity index (χ3n) is 2.21. The van der Waals surface area contributed by atoms with E-state index in [1.165, 1.54) is 4.90 Å². The third-order valence-corrected chi connectivity index (χ3v) is 2.21. The van der Waals surface area contributed by atoms with Crippen molar-refractivity contribution in [2.24, 2.45) is 0 Å². The zero-order valence-electron chi connectivity index (χ0n) is 8.43. The third kappa shape index (κ3) is 1.81. The van der Waals surface area contributed by atoms with Crippen molar-refractivity contribution in [1.82, 2.24) is 9.97 Å². The number of aliphatic carboxylic acids is 1. The summed E-state index contributed by atoms with van der Waals surface area (Å²) in [6, 6.07) is 1.69. The van der Waals surface area contributed by atoms with Gasteiger partial charge in [0, 0.05) is 19.4 Å². The van der Waals surface area contributed by atoms with Gasteiger partial charge in [-0.2, -0.15) is 0 Å². The highest BCUT2D eigenvalue weighted by Gasteiger charge is 2.33. The van der Waals surface area contributed by atoms with Gasteiger partial charge in [-0.1, -0.05) is 0 Å². The van der Waals surface area contributed by atoms with E-state index in [1.54, 1.807) is 39.4 Å². The van der Waals surface area contributed by atoms with E-state index >= 15 is 0 Å². The Balaban J connectivity index is 2.96. The fraction of sp³-hybridized carbons (Fsp3) is 0.444. The minimum absolute atomic E-state index is 0.403. The Morgan fingerprint density at radius 1 is 1.43 bits per heavy atom. The van der Waals surface area contributed by atoms with E-state index in [0.717, 1.165) is 0 Å². The van der Waals surface area contributed by atoms with Gasteiger partial charge in [-0.3, -0.25) is 0 Å². The molecule has 0 saturated heterocycles. The first kappa shape index (κ1) is 10.4. The molecule has 14 heavy (non-hydrogen) atoms. The average molecular weight is 195 g/mol. The molecule has 0 bridgehead atoms. The van der Waals surface area contributed by atoms with Crippen LogP contribution in [0.2, 0.25) is 0 Å². The van der Waals surface area contributed by atoms with Crippen molar-refractivity contribution in [1.29, 1.82) is 0 Å². The van der Waals surface area contributed by atoms with Gasteiger partial charge >= 0.3 is 5.97 Å². The second-order valence-electron chi connectivity index (χ2n) is 3.47. The van der Waals surface area contributed by atoms with E-state index in [0.29, 0.717) is 5.95 Å². The Labute approximate surface area is 82.4 Å². The number of anilines is 1. The maximum Gasteiger partial charge on any atom is 0.329 e. The zero-order valence-corrected chi connectivity index (χ0v) is 8.43. The first-order valence-electron chi connectivity index (χ1n) is 4.20. The summed E-state index contributed by atoms with van der Waals surface area (Å²) in [6.07, 6.45) is 3.16. The molecule has 1 aromatic rings. The standard InChI is InChI=1S/C9H13N3O2/c1-9(2,7(13)14)12(3)8-10-5-4-6-11-8/h4-6H,1-3H3,(H,13,14). The van der Waals surface area contributed by atoms with Gasteiger partial charge < -0.3 is 10.0 Å². The van der Waals surface area contributed by atoms with E-state index in [-0.39, 0.29) is 0 Å². The summed E-state index contributed by atoms with van der Waals surface area (Å²) in [6.45, 7) is 3.21. The van der Waals surface area contributed by atoms with Gasteiger partial charge in [0.05, 0.1) is 0 Å².